The van der Waals surface area contributed by atoms with Crippen LogP contribution in [0.25, 0.3) is 0 Å². The monoisotopic (exact) mass is 452 g/mol. The largest absolute Gasteiger partial charge is 0.466 e. The van der Waals surface area contributed by atoms with Crippen molar-refractivity contribution in [2.24, 2.45) is 0 Å². The Labute approximate surface area is 179 Å². The van der Waals surface area contributed by atoms with Crippen LogP contribution in [0.4, 0.5) is 22.0 Å². The van der Waals surface area contributed by atoms with Gasteiger partial charge in [-0.2, -0.15) is 0 Å². The van der Waals surface area contributed by atoms with Gasteiger partial charge in [0.25, 0.3) is 0 Å². The summed E-state index contributed by atoms with van der Waals surface area (Å²) in [5, 5.41) is 0. The summed E-state index contributed by atoms with van der Waals surface area (Å²) in [5.41, 5.74) is -1.17. The molecular formula is C22H29F5O4. The second kappa shape index (κ2) is 14.0. The van der Waals surface area contributed by atoms with Crippen LogP contribution >= 0.6 is 0 Å². The Morgan fingerprint density at radius 3 is 1.68 bits per heavy atom. The fourth-order valence-electron chi connectivity index (χ4n) is 2.94. The fourth-order valence-corrected chi connectivity index (χ4v) is 2.94. The molecule has 0 fully saturated rings. The molecule has 9 heteroatoms. The molecule has 1 aromatic carbocycles. The molecule has 0 saturated carbocycles. The molecule has 0 heterocycles. The standard InChI is InChI=1S/C22H29F5O4/c1-3-4-13-30-15(28)11-9-7-5-6-8-10-12-16(29)31-14(2)17-18(23)20(25)22(27)21(26)19(17)24/h14H,3-13H2,1-2H3. The van der Waals surface area contributed by atoms with Gasteiger partial charge >= 0.3 is 11.9 Å². The quantitative estimate of drug-likeness (QED) is 0.107. The van der Waals surface area contributed by atoms with E-state index in [0.29, 0.717) is 25.9 Å². The molecule has 1 rings (SSSR count). The molecular weight excluding hydrogens is 423 g/mol. The average Bonchev–Trinajstić information content (AvgIpc) is 2.73. The first kappa shape index (κ1) is 26.8. The van der Waals surface area contributed by atoms with E-state index in [1.165, 1.54) is 0 Å². The third-order valence-corrected chi connectivity index (χ3v) is 4.73. The molecule has 0 bridgehead atoms. The molecule has 0 spiro atoms. The Morgan fingerprint density at radius 2 is 1.16 bits per heavy atom. The van der Waals surface area contributed by atoms with Crippen molar-refractivity contribution in [2.75, 3.05) is 6.61 Å². The highest BCUT2D eigenvalue weighted by Crippen LogP contribution is 2.29. The van der Waals surface area contributed by atoms with Gasteiger partial charge in [0.2, 0.25) is 5.82 Å². The van der Waals surface area contributed by atoms with Crippen LogP contribution in [-0.4, -0.2) is 18.5 Å². The summed E-state index contributed by atoms with van der Waals surface area (Å²) in [7, 11) is 0. The maximum atomic E-state index is 13.7. The van der Waals surface area contributed by atoms with Crippen LogP contribution in [0.2, 0.25) is 0 Å². The summed E-state index contributed by atoms with van der Waals surface area (Å²) in [5.74, 6) is -11.4. The van der Waals surface area contributed by atoms with Gasteiger partial charge in [0.15, 0.2) is 23.3 Å². The van der Waals surface area contributed by atoms with Crippen LogP contribution in [-0.2, 0) is 19.1 Å². The minimum absolute atomic E-state index is 0.0382. The molecule has 0 aliphatic rings. The van der Waals surface area contributed by atoms with Gasteiger partial charge in [-0.25, -0.2) is 22.0 Å². The first-order valence-corrected chi connectivity index (χ1v) is 10.6. The highest BCUT2D eigenvalue weighted by atomic mass is 19.2. The highest BCUT2D eigenvalue weighted by molar-refractivity contribution is 5.69. The summed E-state index contributed by atoms with van der Waals surface area (Å²) in [4.78, 5) is 23.3. The number of rotatable bonds is 14. The maximum absolute atomic E-state index is 13.7. The minimum Gasteiger partial charge on any atom is -0.466 e. The van der Waals surface area contributed by atoms with Crippen molar-refractivity contribution in [3.05, 3.63) is 34.6 Å². The maximum Gasteiger partial charge on any atom is 0.306 e. The number of carbonyl (C=O) groups is 2. The number of unbranched alkanes of at least 4 members (excludes halogenated alkanes) is 6. The molecule has 0 aliphatic heterocycles. The van der Waals surface area contributed by atoms with Gasteiger partial charge in [0, 0.05) is 12.8 Å². The molecule has 0 aliphatic carbocycles. The lowest BCUT2D eigenvalue weighted by atomic mass is 10.1. The number of ether oxygens (including phenoxy) is 2. The second-order valence-corrected chi connectivity index (χ2v) is 7.31. The van der Waals surface area contributed by atoms with Crippen molar-refractivity contribution in [1.29, 1.82) is 0 Å². The number of benzene rings is 1. The molecule has 0 saturated heterocycles. The Hall–Kier alpha value is -2.19. The molecule has 1 unspecified atom stereocenters. The van der Waals surface area contributed by atoms with Gasteiger partial charge in [0.1, 0.15) is 6.10 Å². The number of hydrogen-bond acceptors (Lipinski definition) is 4. The summed E-state index contributed by atoms with van der Waals surface area (Å²) < 4.78 is 77.0. The average molecular weight is 452 g/mol. The van der Waals surface area contributed by atoms with Crippen LogP contribution in [0, 0.1) is 29.1 Å². The van der Waals surface area contributed by atoms with E-state index in [1.807, 2.05) is 6.92 Å². The number of halogens is 5. The van der Waals surface area contributed by atoms with E-state index in [2.05, 4.69) is 0 Å². The number of carbonyl (C=O) groups excluding carboxylic acids is 2. The first-order chi connectivity index (χ1) is 14.7. The molecule has 1 aromatic rings. The van der Waals surface area contributed by atoms with E-state index in [9.17, 15) is 31.5 Å². The summed E-state index contributed by atoms with van der Waals surface area (Å²) in [6.45, 7) is 3.51. The van der Waals surface area contributed by atoms with E-state index in [0.717, 1.165) is 45.4 Å². The van der Waals surface area contributed by atoms with Crippen LogP contribution in [0.1, 0.15) is 89.7 Å². The molecule has 0 N–H and O–H groups in total. The molecule has 31 heavy (non-hydrogen) atoms. The van der Waals surface area contributed by atoms with Crippen LogP contribution < -0.4 is 0 Å². The van der Waals surface area contributed by atoms with Gasteiger partial charge in [0.05, 0.1) is 12.2 Å². The van der Waals surface area contributed by atoms with Gasteiger partial charge in [-0.1, -0.05) is 39.0 Å². The van der Waals surface area contributed by atoms with E-state index in [1.54, 1.807) is 0 Å². The predicted molar refractivity (Wildman–Crippen MR) is 104 cm³/mol. The molecule has 4 nitrogen and oxygen atoms in total. The zero-order chi connectivity index (χ0) is 23.4. The van der Waals surface area contributed by atoms with Gasteiger partial charge in [-0.15, -0.1) is 0 Å². The third-order valence-electron chi connectivity index (χ3n) is 4.73. The van der Waals surface area contributed by atoms with Crippen LogP contribution in [0.15, 0.2) is 0 Å². The molecule has 0 amide bonds. The van der Waals surface area contributed by atoms with Crippen LogP contribution in [0.5, 0.6) is 0 Å². The number of hydrogen-bond donors (Lipinski definition) is 0. The lowest BCUT2D eigenvalue weighted by Gasteiger charge is -2.16. The van der Waals surface area contributed by atoms with Crippen molar-refractivity contribution in [3.8, 4) is 0 Å². The predicted octanol–water partition coefficient (Wildman–Crippen LogP) is 6.45. The van der Waals surface area contributed by atoms with Crippen molar-refractivity contribution < 1.29 is 41.0 Å². The topological polar surface area (TPSA) is 52.6 Å². The highest BCUT2D eigenvalue weighted by Gasteiger charge is 2.30. The minimum atomic E-state index is -2.26. The van der Waals surface area contributed by atoms with E-state index < -0.39 is 46.7 Å². The zero-order valence-electron chi connectivity index (χ0n) is 17.9. The van der Waals surface area contributed by atoms with Crippen molar-refractivity contribution in [3.63, 3.8) is 0 Å². The smallest absolute Gasteiger partial charge is 0.306 e. The third kappa shape index (κ3) is 8.83. The number of esters is 2. The van der Waals surface area contributed by atoms with Gasteiger partial charge < -0.3 is 9.47 Å². The fraction of sp³-hybridized carbons (Fsp3) is 0.636. The van der Waals surface area contributed by atoms with E-state index >= 15 is 0 Å². The zero-order valence-corrected chi connectivity index (χ0v) is 17.9. The molecule has 176 valence electrons. The molecule has 0 aromatic heterocycles. The SMILES string of the molecule is CCCCOC(=O)CCCCCCCCC(=O)OC(C)c1c(F)c(F)c(F)c(F)c1F. The van der Waals surface area contributed by atoms with E-state index in [-0.39, 0.29) is 12.4 Å². The normalized spacial score (nSPS) is 12.0. The van der Waals surface area contributed by atoms with Gasteiger partial charge in [-0.3, -0.25) is 9.59 Å². The molecule has 0 radical (unpaired) electrons. The van der Waals surface area contributed by atoms with Gasteiger partial charge in [-0.05, 0) is 26.2 Å². The Kier molecular flexibility index (Phi) is 12.1. The molecule has 1 atom stereocenters. The lowest BCUT2D eigenvalue weighted by Crippen LogP contribution is -2.15. The summed E-state index contributed by atoms with van der Waals surface area (Å²) in [6, 6.07) is 0. The Balaban J connectivity index is 2.25. The van der Waals surface area contributed by atoms with Crippen molar-refractivity contribution >= 4 is 11.9 Å². The van der Waals surface area contributed by atoms with Crippen LogP contribution in [0.3, 0.4) is 0 Å². The van der Waals surface area contributed by atoms with Crippen molar-refractivity contribution in [1.82, 2.24) is 0 Å². The second-order valence-electron chi connectivity index (χ2n) is 7.31. The Morgan fingerprint density at radius 1 is 0.710 bits per heavy atom. The summed E-state index contributed by atoms with van der Waals surface area (Å²) in [6.07, 6.45) is 4.99. The lowest BCUT2D eigenvalue weighted by molar-refractivity contribution is -0.149. The first-order valence-electron chi connectivity index (χ1n) is 10.6. The Bertz CT molecular complexity index is 710. The van der Waals surface area contributed by atoms with Crippen molar-refractivity contribution in [2.45, 2.75) is 84.2 Å². The summed E-state index contributed by atoms with van der Waals surface area (Å²) >= 11 is 0. The van der Waals surface area contributed by atoms with E-state index in [4.69, 9.17) is 9.47 Å².